The van der Waals surface area contributed by atoms with Gasteiger partial charge in [0.15, 0.2) is 0 Å². The first-order valence-corrected chi connectivity index (χ1v) is 17.6. The highest BCUT2D eigenvalue weighted by Crippen LogP contribution is 2.49. The van der Waals surface area contributed by atoms with Crippen LogP contribution in [-0.4, -0.2) is 11.5 Å². The summed E-state index contributed by atoms with van der Waals surface area (Å²) < 4.78 is 30.7. The monoisotopic (exact) mass is 638 g/mol. The average molecular weight is 640 g/mol. The Kier molecular flexibility index (Phi) is 14.1. The van der Waals surface area contributed by atoms with Crippen molar-refractivity contribution in [2.24, 2.45) is 0 Å². The summed E-state index contributed by atoms with van der Waals surface area (Å²) in [6.45, 7) is 15.4. The smallest absolute Gasteiger partial charge is 0.493 e. The molecule has 0 spiro atoms. The van der Waals surface area contributed by atoms with Gasteiger partial charge in [0, 0.05) is 16.5 Å². The summed E-state index contributed by atoms with van der Waals surface area (Å²) in [7, 11) is -4.45. The van der Waals surface area contributed by atoms with E-state index in [1.807, 2.05) is 18.2 Å². The summed E-state index contributed by atoms with van der Waals surface area (Å²) in [5.41, 5.74) is 2.06. The van der Waals surface area contributed by atoms with Gasteiger partial charge in [0.2, 0.25) is 0 Å². The summed E-state index contributed by atoms with van der Waals surface area (Å²) in [4.78, 5) is 10.7. The zero-order valence-corrected chi connectivity index (χ0v) is 28.3. The number of hydrogen-bond donors (Lipinski definition) is 1. The van der Waals surface area contributed by atoms with Gasteiger partial charge in [0.05, 0.1) is 6.61 Å². The van der Waals surface area contributed by atoms with Crippen LogP contribution in [0.5, 0.6) is 17.2 Å². The molecule has 1 atom stereocenters. The van der Waals surface area contributed by atoms with Gasteiger partial charge < -0.3 is 13.8 Å². The van der Waals surface area contributed by atoms with E-state index in [0.717, 1.165) is 35.3 Å². The molecule has 7 heteroatoms. The minimum absolute atomic E-state index is 0.258. The highest BCUT2D eigenvalue weighted by Gasteiger charge is 2.32. The van der Waals surface area contributed by atoms with Gasteiger partial charge in [0.25, 0.3) is 0 Å². The van der Waals surface area contributed by atoms with Gasteiger partial charge in [-0.25, -0.2) is 4.57 Å². The van der Waals surface area contributed by atoms with E-state index in [1.165, 1.54) is 51.4 Å². The Hall–Kier alpha value is -1.49. The fourth-order valence-electron chi connectivity index (χ4n) is 4.66. The van der Waals surface area contributed by atoms with Gasteiger partial charge in [-0.15, -0.1) is 0 Å². The van der Waals surface area contributed by atoms with E-state index in [2.05, 4.69) is 64.4 Å². The van der Waals surface area contributed by atoms with Crippen LogP contribution < -0.4 is 13.8 Å². The van der Waals surface area contributed by atoms with Crippen molar-refractivity contribution in [1.82, 2.24) is 0 Å². The second kappa shape index (κ2) is 16.2. The second-order valence-corrected chi connectivity index (χ2v) is 14.7. The highest BCUT2D eigenvalue weighted by molar-refractivity contribution is 9.08. The van der Waals surface area contributed by atoms with Crippen molar-refractivity contribution in [3.63, 3.8) is 0 Å². The van der Waals surface area contributed by atoms with Crippen molar-refractivity contribution in [2.75, 3.05) is 6.61 Å². The van der Waals surface area contributed by atoms with E-state index >= 15 is 0 Å². The van der Waals surface area contributed by atoms with Crippen LogP contribution in [0.25, 0.3) is 0 Å². The Morgan fingerprint density at radius 2 is 1.27 bits per heavy atom. The van der Waals surface area contributed by atoms with E-state index in [4.69, 9.17) is 13.8 Å². The summed E-state index contributed by atoms with van der Waals surface area (Å²) in [6, 6.07) is 10.9. The average Bonchev–Trinajstić information content (AvgIpc) is 2.86. The zero-order chi connectivity index (χ0) is 29.8. The third-order valence-electron chi connectivity index (χ3n) is 6.94. The van der Waals surface area contributed by atoms with E-state index in [1.54, 1.807) is 18.2 Å². The minimum atomic E-state index is -4.45. The second-order valence-electron chi connectivity index (χ2n) is 12.8. The SMILES string of the molecule is CCCCCCCCCCCCOc1cc(C(C)(C)C)c(OP(=O)(O)Oc2cccc(CBr)c2)cc1C(C)(C)C. The zero-order valence-electron chi connectivity index (χ0n) is 25.9. The molecule has 1 N–H and O–H groups in total. The highest BCUT2D eigenvalue weighted by atomic mass is 79.9. The summed E-state index contributed by atoms with van der Waals surface area (Å²) in [6.07, 6.45) is 12.8. The van der Waals surface area contributed by atoms with E-state index in [-0.39, 0.29) is 16.6 Å². The molecule has 226 valence electrons. The molecule has 0 saturated heterocycles. The molecule has 0 aliphatic carbocycles. The van der Waals surface area contributed by atoms with Crippen molar-refractivity contribution in [3.8, 4) is 17.2 Å². The van der Waals surface area contributed by atoms with Crippen LogP contribution in [0.2, 0.25) is 0 Å². The molecular weight excluding hydrogens is 587 g/mol. The molecule has 0 amide bonds. The van der Waals surface area contributed by atoms with Crippen LogP contribution in [-0.2, 0) is 20.7 Å². The molecule has 40 heavy (non-hydrogen) atoms. The van der Waals surface area contributed by atoms with Crippen LogP contribution in [0.1, 0.15) is 129 Å². The van der Waals surface area contributed by atoms with Crippen LogP contribution in [0.15, 0.2) is 36.4 Å². The number of phosphoric ester groups is 1. The minimum Gasteiger partial charge on any atom is -0.493 e. The Morgan fingerprint density at radius 3 is 1.82 bits per heavy atom. The Morgan fingerprint density at radius 1 is 0.750 bits per heavy atom. The van der Waals surface area contributed by atoms with Crippen molar-refractivity contribution < 1.29 is 23.2 Å². The normalized spacial score (nSPS) is 13.6. The molecule has 0 heterocycles. The number of phosphoric acid groups is 1. The van der Waals surface area contributed by atoms with Crippen LogP contribution in [0.4, 0.5) is 0 Å². The quantitative estimate of drug-likeness (QED) is 0.106. The van der Waals surface area contributed by atoms with Crippen LogP contribution >= 0.6 is 23.8 Å². The maximum absolute atomic E-state index is 13.1. The Labute approximate surface area is 252 Å². The predicted molar refractivity (Wildman–Crippen MR) is 171 cm³/mol. The number of benzene rings is 2. The van der Waals surface area contributed by atoms with Gasteiger partial charge in [0.1, 0.15) is 17.2 Å². The number of unbranched alkanes of at least 4 members (excludes halogenated alkanes) is 9. The largest absolute Gasteiger partial charge is 0.584 e. The third kappa shape index (κ3) is 12.2. The molecular formula is C33H52BrO5P. The lowest BCUT2D eigenvalue weighted by Crippen LogP contribution is -2.19. The lowest BCUT2D eigenvalue weighted by Gasteiger charge is -2.29. The van der Waals surface area contributed by atoms with Crippen molar-refractivity contribution in [1.29, 1.82) is 0 Å². The van der Waals surface area contributed by atoms with Crippen molar-refractivity contribution in [2.45, 2.75) is 129 Å². The number of rotatable bonds is 17. The maximum atomic E-state index is 13.1. The standard InChI is InChI=1S/C33H52BrO5P/c1-8-9-10-11-12-13-14-15-16-17-21-37-30-23-29(33(5,6)7)31(24-28(30)32(2,3)4)39-40(35,36)38-27-20-18-19-26(22-27)25-34/h18-20,22-24H,8-17,21,25H2,1-7H3,(H,35,36). The number of ether oxygens (including phenoxy) is 1. The van der Waals surface area contributed by atoms with Gasteiger partial charge in [-0.1, -0.05) is 134 Å². The number of halogens is 1. The first-order valence-electron chi connectivity index (χ1n) is 15.0. The summed E-state index contributed by atoms with van der Waals surface area (Å²) in [5.74, 6) is 1.43. The number of alkyl halides is 1. The molecule has 0 aromatic heterocycles. The molecule has 0 radical (unpaired) electrons. The van der Waals surface area contributed by atoms with Gasteiger partial charge in [-0.2, -0.15) is 0 Å². The first kappa shape index (κ1) is 34.7. The lowest BCUT2D eigenvalue weighted by atomic mass is 9.81. The molecule has 5 nitrogen and oxygen atoms in total. The molecule has 0 bridgehead atoms. The molecule has 0 saturated carbocycles. The molecule has 0 aliphatic heterocycles. The maximum Gasteiger partial charge on any atom is 0.584 e. The molecule has 0 aliphatic rings. The molecule has 2 aromatic carbocycles. The Bertz CT molecular complexity index is 1090. The van der Waals surface area contributed by atoms with Crippen LogP contribution in [0, 0.1) is 0 Å². The third-order valence-corrected chi connectivity index (χ3v) is 8.46. The van der Waals surface area contributed by atoms with Crippen molar-refractivity contribution >= 4 is 23.8 Å². The molecule has 2 rings (SSSR count). The fraction of sp³-hybridized carbons (Fsp3) is 0.636. The number of hydrogen-bond acceptors (Lipinski definition) is 4. The Balaban J connectivity index is 2.12. The molecule has 1 unspecified atom stereocenters. The molecule has 2 aromatic rings. The predicted octanol–water partition coefficient (Wildman–Crippen LogP) is 11.0. The van der Waals surface area contributed by atoms with Gasteiger partial charge in [-0.3, -0.25) is 4.89 Å². The van der Waals surface area contributed by atoms with Gasteiger partial charge >= 0.3 is 7.82 Å². The topological polar surface area (TPSA) is 65.0 Å². The summed E-state index contributed by atoms with van der Waals surface area (Å²) in [5, 5.41) is 0.616. The lowest BCUT2D eigenvalue weighted by molar-refractivity contribution is 0.283. The first-order chi connectivity index (χ1) is 18.8. The van der Waals surface area contributed by atoms with E-state index in [9.17, 15) is 9.46 Å². The van der Waals surface area contributed by atoms with E-state index in [0.29, 0.717) is 17.7 Å². The molecule has 0 fully saturated rings. The van der Waals surface area contributed by atoms with E-state index < -0.39 is 7.82 Å². The van der Waals surface area contributed by atoms with Gasteiger partial charge in [-0.05, 0) is 47.1 Å². The fourth-order valence-corrected chi connectivity index (χ4v) is 5.83. The summed E-state index contributed by atoms with van der Waals surface area (Å²) >= 11 is 3.41. The van der Waals surface area contributed by atoms with Crippen LogP contribution in [0.3, 0.4) is 0 Å². The van der Waals surface area contributed by atoms with Crippen molar-refractivity contribution in [3.05, 3.63) is 53.1 Å².